The lowest BCUT2D eigenvalue weighted by atomic mass is 10.2. The van der Waals surface area contributed by atoms with Gasteiger partial charge in [-0.3, -0.25) is 10.1 Å². The quantitative estimate of drug-likeness (QED) is 0.455. The predicted molar refractivity (Wildman–Crippen MR) is 81.4 cm³/mol. The van der Waals surface area contributed by atoms with Crippen LogP contribution in [0.5, 0.6) is 0 Å². The lowest BCUT2D eigenvalue weighted by Crippen LogP contribution is -2.06. The van der Waals surface area contributed by atoms with Gasteiger partial charge in [0.1, 0.15) is 6.61 Å². The van der Waals surface area contributed by atoms with Gasteiger partial charge in [0.25, 0.3) is 5.69 Å². The minimum Gasteiger partial charge on any atom is -0.457 e. The molecule has 0 saturated heterocycles. The largest absolute Gasteiger partial charge is 0.457 e. The smallest absolute Gasteiger partial charge is 0.340 e. The van der Waals surface area contributed by atoms with Gasteiger partial charge in [-0.15, -0.1) is 0 Å². The summed E-state index contributed by atoms with van der Waals surface area (Å²) in [4.78, 5) is 22.1. The zero-order valence-corrected chi connectivity index (χ0v) is 12.9. The van der Waals surface area contributed by atoms with Gasteiger partial charge in [-0.1, -0.05) is 39.7 Å². The molecule has 0 saturated carbocycles. The maximum absolute atomic E-state index is 12.0. The summed E-state index contributed by atoms with van der Waals surface area (Å²) < 4.78 is 5.98. The van der Waals surface area contributed by atoms with E-state index in [1.165, 1.54) is 12.1 Å². The SMILES string of the molecule is O=C(OCc1cccc(Br)c1)c1cc([N+](=O)[O-])ccc1Cl. The molecular formula is C14H9BrClNO4. The maximum atomic E-state index is 12.0. The van der Waals surface area contributed by atoms with Crippen LogP contribution in [0.1, 0.15) is 15.9 Å². The Morgan fingerprint density at radius 1 is 1.29 bits per heavy atom. The zero-order chi connectivity index (χ0) is 15.4. The number of carbonyl (C=O) groups excluding carboxylic acids is 1. The number of hydrogen-bond donors (Lipinski definition) is 0. The minimum absolute atomic E-state index is 0.0270. The first-order valence-electron chi connectivity index (χ1n) is 5.83. The third-order valence-electron chi connectivity index (χ3n) is 2.64. The summed E-state index contributed by atoms with van der Waals surface area (Å²) in [6.45, 7) is 0.0529. The van der Waals surface area contributed by atoms with E-state index in [-0.39, 0.29) is 22.9 Å². The maximum Gasteiger partial charge on any atom is 0.340 e. The van der Waals surface area contributed by atoms with Crippen molar-refractivity contribution in [3.8, 4) is 0 Å². The van der Waals surface area contributed by atoms with Gasteiger partial charge in [0.05, 0.1) is 15.5 Å². The minimum atomic E-state index is -0.705. The molecule has 0 atom stereocenters. The van der Waals surface area contributed by atoms with Gasteiger partial charge in [0.2, 0.25) is 0 Å². The van der Waals surface area contributed by atoms with Crippen molar-refractivity contribution in [2.24, 2.45) is 0 Å². The molecule has 0 N–H and O–H groups in total. The molecule has 0 amide bonds. The molecule has 2 aromatic rings. The van der Waals surface area contributed by atoms with Gasteiger partial charge in [-0.2, -0.15) is 0 Å². The van der Waals surface area contributed by atoms with Crippen LogP contribution in [-0.2, 0) is 11.3 Å². The fraction of sp³-hybridized carbons (Fsp3) is 0.0714. The van der Waals surface area contributed by atoms with Crippen LogP contribution in [0.3, 0.4) is 0 Å². The molecule has 0 heterocycles. The van der Waals surface area contributed by atoms with Crippen molar-refractivity contribution in [1.82, 2.24) is 0 Å². The van der Waals surface area contributed by atoms with Gasteiger partial charge in [0.15, 0.2) is 0 Å². The monoisotopic (exact) mass is 369 g/mol. The predicted octanol–water partition coefficient (Wildman–Crippen LogP) is 4.37. The second kappa shape index (κ2) is 6.69. The first-order chi connectivity index (χ1) is 9.97. The van der Waals surface area contributed by atoms with E-state index in [1.54, 1.807) is 6.07 Å². The van der Waals surface area contributed by atoms with E-state index in [0.29, 0.717) is 0 Å². The molecule has 0 bridgehead atoms. The van der Waals surface area contributed by atoms with E-state index >= 15 is 0 Å². The topological polar surface area (TPSA) is 69.4 Å². The number of carbonyl (C=O) groups is 1. The average molecular weight is 371 g/mol. The van der Waals surface area contributed by atoms with E-state index < -0.39 is 10.9 Å². The van der Waals surface area contributed by atoms with Crippen molar-refractivity contribution in [2.45, 2.75) is 6.61 Å². The molecule has 2 aromatic carbocycles. The summed E-state index contributed by atoms with van der Waals surface area (Å²) in [5.74, 6) is -0.705. The molecular weight excluding hydrogens is 362 g/mol. The molecule has 0 fully saturated rings. The van der Waals surface area contributed by atoms with E-state index in [1.807, 2.05) is 18.2 Å². The van der Waals surface area contributed by atoms with Gasteiger partial charge in [0, 0.05) is 16.6 Å². The number of halogens is 2. The summed E-state index contributed by atoms with van der Waals surface area (Å²) >= 11 is 9.19. The van der Waals surface area contributed by atoms with Gasteiger partial charge < -0.3 is 4.74 Å². The highest BCUT2D eigenvalue weighted by Gasteiger charge is 2.17. The Morgan fingerprint density at radius 2 is 2.05 bits per heavy atom. The fourth-order valence-electron chi connectivity index (χ4n) is 1.64. The Morgan fingerprint density at radius 3 is 2.71 bits per heavy atom. The molecule has 5 nitrogen and oxygen atoms in total. The molecule has 21 heavy (non-hydrogen) atoms. The highest BCUT2D eigenvalue weighted by atomic mass is 79.9. The molecule has 0 unspecified atom stereocenters. The third kappa shape index (κ3) is 4.03. The zero-order valence-electron chi connectivity index (χ0n) is 10.6. The number of nitrogens with zero attached hydrogens (tertiary/aromatic N) is 1. The molecule has 108 valence electrons. The number of ether oxygens (including phenoxy) is 1. The third-order valence-corrected chi connectivity index (χ3v) is 3.46. The van der Waals surface area contributed by atoms with Crippen LogP contribution < -0.4 is 0 Å². The summed E-state index contributed by atoms with van der Waals surface area (Å²) in [5.41, 5.74) is 0.550. The summed E-state index contributed by atoms with van der Waals surface area (Å²) in [6.07, 6.45) is 0. The van der Waals surface area contributed by atoms with Crippen molar-refractivity contribution >= 4 is 39.2 Å². The molecule has 0 aliphatic carbocycles. The molecule has 0 radical (unpaired) electrons. The van der Waals surface area contributed by atoms with Crippen molar-refractivity contribution in [2.75, 3.05) is 0 Å². The van der Waals surface area contributed by atoms with Crippen molar-refractivity contribution in [3.05, 3.63) is 73.2 Å². The van der Waals surface area contributed by atoms with E-state index in [2.05, 4.69) is 15.9 Å². The second-order valence-electron chi connectivity index (χ2n) is 4.13. The number of benzene rings is 2. The van der Waals surface area contributed by atoms with Gasteiger partial charge in [-0.25, -0.2) is 4.79 Å². The molecule has 0 aliphatic rings. The van der Waals surface area contributed by atoms with Crippen LogP contribution in [0.15, 0.2) is 46.9 Å². The Hall–Kier alpha value is -1.92. The number of esters is 1. The van der Waals surface area contributed by atoms with Crippen LogP contribution >= 0.6 is 27.5 Å². The summed E-state index contributed by atoms with van der Waals surface area (Å²) in [6, 6.07) is 10.9. The fourth-order valence-corrected chi connectivity index (χ4v) is 2.28. The van der Waals surface area contributed by atoms with Gasteiger partial charge >= 0.3 is 5.97 Å². The van der Waals surface area contributed by atoms with Crippen LogP contribution in [0.25, 0.3) is 0 Å². The summed E-state index contributed by atoms with van der Waals surface area (Å²) in [5, 5.41) is 10.8. The molecule has 0 aromatic heterocycles. The standard InChI is InChI=1S/C14H9BrClNO4/c15-10-3-1-2-9(6-10)8-21-14(18)12-7-11(17(19)20)4-5-13(12)16/h1-7H,8H2. The van der Waals surface area contributed by atoms with Crippen molar-refractivity contribution in [3.63, 3.8) is 0 Å². The lowest BCUT2D eigenvalue weighted by Gasteiger charge is -2.06. The average Bonchev–Trinajstić information content (AvgIpc) is 2.45. The molecule has 2 rings (SSSR count). The first-order valence-corrected chi connectivity index (χ1v) is 7.00. The van der Waals surface area contributed by atoms with E-state index in [0.717, 1.165) is 16.1 Å². The highest BCUT2D eigenvalue weighted by Crippen LogP contribution is 2.23. The molecule has 7 heteroatoms. The number of rotatable bonds is 4. The molecule has 0 aliphatic heterocycles. The second-order valence-corrected chi connectivity index (χ2v) is 5.45. The Labute approximate surface area is 133 Å². The lowest BCUT2D eigenvalue weighted by molar-refractivity contribution is -0.384. The van der Waals surface area contributed by atoms with Crippen LogP contribution in [0.2, 0.25) is 5.02 Å². The normalized spacial score (nSPS) is 10.2. The van der Waals surface area contributed by atoms with Crippen molar-refractivity contribution in [1.29, 1.82) is 0 Å². The van der Waals surface area contributed by atoms with Gasteiger partial charge in [-0.05, 0) is 23.8 Å². The van der Waals surface area contributed by atoms with Crippen molar-refractivity contribution < 1.29 is 14.5 Å². The van der Waals surface area contributed by atoms with E-state index in [4.69, 9.17) is 16.3 Å². The number of hydrogen-bond acceptors (Lipinski definition) is 4. The number of nitro benzene ring substituents is 1. The Kier molecular flexibility index (Phi) is 4.93. The molecule has 0 spiro atoms. The Balaban J connectivity index is 2.13. The first kappa shape index (κ1) is 15.5. The van der Waals surface area contributed by atoms with Crippen LogP contribution in [0.4, 0.5) is 5.69 Å². The van der Waals surface area contributed by atoms with Crippen LogP contribution in [0, 0.1) is 10.1 Å². The van der Waals surface area contributed by atoms with E-state index in [9.17, 15) is 14.9 Å². The summed E-state index contributed by atoms with van der Waals surface area (Å²) in [7, 11) is 0. The highest BCUT2D eigenvalue weighted by molar-refractivity contribution is 9.10. The number of non-ortho nitro benzene ring substituents is 1. The Bertz CT molecular complexity index is 705. The van der Waals surface area contributed by atoms with Crippen LogP contribution in [-0.4, -0.2) is 10.9 Å². The number of nitro groups is 1.